The molecule has 1 aliphatic rings. The molecule has 1 atom stereocenters. The maximum absolute atomic E-state index is 15.1. The number of aromatic nitrogens is 3. The first kappa shape index (κ1) is 22.2. The average Bonchev–Trinajstić information content (AvgIpc) is 3.41. The highest BCUT2D eigenvalue weighted by molar-refractivity contribution is 7.93. The molecule has 174 valence electrons. The number of nitrogens with one attached hydrogen (secondary N) is 1. The van der Waals surface area contributed by atoms with Crippen LogP contribution >= 0.6 is 11.5 Å². The summed E-state index contributed by atoms with van der Waals surface area (Å²) in [6.45, 7) is 3.93. The lowest BCUT2D eigenvalue weighted by Crippen LogP contribution is -2.44. The van der Waals surface area contributed by atoms with Gasteiger partial charge in [0.2, 0.25) is 5.13 Å². The minimum atomic E-state index is -4.39. The highest BCUT2D eigenvalue weighted by Crippen LogP contribution is 2.42. The lowest BCUT2D eigenvalue weighted by Gasteiger charge is -2.37. The number of hydrogen-bond donors (Lipinski definition) is 1. The number of carbonyl (C=O) groups excluding carboxylic acids is 1. The van der Waals surface area contributed by atoms with Crippen molar-refractivity contribution in [2.45, 2.75) is 29.7 Å². The van der Waals surface area contributed by atoms with Crippen molar-refractivity contribution in [2.24, 2.45) is 0 Å². The van der Waals surface area contributed by atoms with E-state index in [2.05, 4.69) is 14.1 Å². The number of sulfonamides is 1. The first-order valence-corrected chi connectivity index (χ1v) is 12.3. The van der Waals surface area contributed by atoms with Gasteiger partial charge in [-0.15, -0.1) is 0 Å². The summed E-state index contributed by atoms with van der Waals surface area (Å²) in [5.41, 5.74) is -0.935. The fourth-order valence-electron chi connectivity index (χ4n) is 4.22. The van der Waals surface area contributed by atoms with Gasteiger partial charge in [-0.25, -0.2) is 22.6 Å². The largest absolute Gasteiger partial charge is 0.421 e. The second-order valence-corrected chi connectivity index (χ2v) is 10.8. The summed E-state index contributed by atoms with van der Waals surface area (Å²) < 4.78 is 52.7. The predicted octanol–water partition coefficient (Wildman–Crippen LogP) is 3.18. The Morgan fingerprint density at radius 1 is 1.18 bits per heavy atom. The zero-order valence-corrected chi connectivity index (χ0v) is 19.5. The van der Waals surface area contributed by atoms with E-state index in [1.54, 1.807) is 24.3 Å². The zero-order valence-electron chi connectivity index (χ0n) is 17.9. The van der Waals surface area contributed by atoms with Crippen molar-refractivity contribution in [3.05, 3.63) is 82.4 Å². The van der Waals surface area contributed by atoms with Crippen LogP contribution in [0.2, 0.25) is 0 Å². The molecule has 0 bridgehead atoms. The molecular weight excluding hydrogens is 483 g/mol. The summed E-state index contributed by atoms with van der Waals surface area (Å²) in [4.78, 5) is 28.6. The van der Waals surface area contributed by atoms with E-state index >= 15 is 4.39 Å². The number of halogens is 1. The van der Waals surface area contributed by atoms with Crippen molar-refractivity contribution in [2.75, 3.05) is 4.72 Å². The first-order chi connectivity index (χ1) is 16.1. The molecule has 2 aromatic carbocycles. The van der Waals surface area contributed by atoms with Crippen LogP contribution in [0.15, 0.2) is 69.0 Å². The summed E-state index contributed by atoms with van der Waals surface area (Å²) >= 11 is 0.777. The van der Waals surface area contributed by atoms with Gasteiger partial charge in [-0.1, -0.05) is 44.2 Å². The summed E-state index contributed by atoms with van der Waals surface area (Å²) in [5.74, 6) is -2.07. The third-order valence-corrected chi connectivity index (χ3v) is 7.93. The normalized spacial score (nSPS) is 19.1. The molecule has 0 saturated heterocycles. The van der Waals surface area contributed by atoms with E-state index in [4.69, 9.17) is 4.42 Å². The van der Waals surface area contributed by atoms with Gasteiger partial charge >= 0.3 is 5.76 Å². The number of allylic oxidation sites excluding steroid dienone is 2. The van der Waals surface area contributed by atoms with Gasteiger partial charge in [0.1, 0.15) is 17.0 Å². The molecule has 2 heterocycles. The lowest BCUT2D eigenvalue weighted by molar-refractivity contribution is -0.112. The Morgan fingerprint density at radius 3 is 2.59 bits per heavy atom. The molecule has 1 aliphatic carbocycles. The van der Waals surface area contributed by atoms with Gasteiger partial charge in [0.15, 0.2) is 17.4 Å². The van der Waals surface area contributed by atoms with Gasteiger partial charge in [-0.2, -0.15) is 4.37 Å². The van der Waals surface area contributed by atoms with E-state index < -0.39 is 37.4 Å². The Balaban J connectivity index is 1.74. The third kappa shape index (κ3) is 3.21. The van der Waals surface area contributed by atoms with E-state index in [0.29, 0.717) is 11.8 Å². The monoisotopic (exact) mass is 500 g/mol. The maximum atomic E-state index is 15.1. The third-order valence-electron chi connectivity index (χ3n) is 5.86. The number of hydrogen-bond acceptors (Lipinski definition) is 8. The Hall–Kier alpha value is -3.64. The second-order valence-electron chi connectivity index (χ2n) is 8.35. The van der Waals surface area contributed by atoms with E-state index in [1.165, 1.54) is 0 Å². The molecule has 0 aliphatic heterocycles. The van der Waals surface area contributed by atoms with Gasteiger partial charge in [-0.05, 0) is 17.2 Å². The number of carbonyl (C=O) groups is 1. The fourth-order valence-corrected chi connectivity index (χ4v) is 5.96. The van der Waals surface area contributed by atoms with Crippen molar-refractivity contribution in [3.63, 3.8) is 0 Å². The van der Waals surface area contributed by atoms with Crippen molar-refractivity contribution in [1.29, 1.82) is 0 Å². The average molecular weight is 501 g/mol. The van der Waals surface area contributed by atoms with Crippen LogP contribution in [0.25, 0.3) is 11.1 Å². The van der Waals surface area contributed by atoms with E-state index in [9.17, 15) is 18.0 Å². The molecule has 0 saturated carbocycles. The van der Waals surface area contributed by atoms with Crippen LogP contribution < -0.4 is 10.5 Å². The predicted molar refractivity (Wildman–Crippen MR) is 123 cm³/mol. The number of aldehydes is 1. The van der Waals surface area contributed by atoms with Crippen molar-refractivity contribution in [3.8, 4) is 0 Å². The molecule has 5 rings (SSSR count). The van der Waals surface area contributed by atoms with Crippen LogP contribution in [0.1, 0.15) is 25.0 Å². The van der Waals surface area contributed by atoms with E-state index in [-0.39, 0.29) is 16.2 Å². The molecule has 0 fully saturated rings. The van der Waals surface area contributed by atoms with Gasteiger partial charge in [0, 0.05) is 29.1 Å². The zero-order chi connectivity index (χ0) is 24.3. The van der Waals surface area contributed by atoms with E-state index in [0.717, 1.165) is 40.1 Å². The smallest absolute Gasteiger partial charge is 0.408 e. The Morgan fingerprint density at radius 2 is 1.91 bits per heavy atom. The van der Waals surface area contributed by atoms with E-state index in [1.807, 2.05) is 26.0 Å². The van der Waals surface area contributed by atoms with Gasteiger partial charge in [0.25, 0.3) is 10.0 Å². The van der Waals surface area contributed by atoms with Gasteiger partial charge in [-0.3, -0.25) is 14.1 Å². The molecule has 12 heteroatoms. The van der Waals surface area contributed by atoms with Crippen molar-refractivity contribution < 1.29 is 22.0 Å². The highest BCUT2D eigenvalue weighted by Gasteiger charge is 2.43. The van der Waals surface area contributed by atoms with Crippen LogP contribution in [0.4, 0.5) is 9.52 Å². The molecule has 0 radical (unpaired) electrons. The Bertz CT molecular complexity index is 1640. The van der Waals surface area contributed by atoms with Crippen LogP contribution in [-0.2, 0) is 25.8 Å². The molecule has 1 unspecified atom stereocenters. The lowest BCUT2D eigenvalue weighted by atomic mass is 9.70. The molecule has 0 spiro atoms. The first-order valence-electron chi connectivity index (χ1n) is 10.0. The van der Waals surface area contributed by atoms with Gasteiger partial charge < -0.3 is 4.42 Å². The Labute approximate surface area is 196 Å². The molecule has 9 nitrogen and oxygen atoms in total. The Kier molecular flexibility index (Phi) is 4.85. The minimum Gasteiger partial charge on any atom is -0.408 e. The number of rotatable bonds is 5. The molecular formula is C22H17FN4O5S2. The quantitative estimate of drug-likeness (QED) is 0.330. The summed E-state index contributed by atoms with van der Waals surface area (Å²) in [5, 5.41) is -0.0509. The van der Waals surface area contributed by atoms with Crippen molar-refractivity contribution >= 4 is 44.1 Å². The van der Waals surface area contributed by atoms with Crippen molar-refractivity contribution in [1.82, 2.24) is 13.9 Å². The fraction of sp³-hybridized carbons (Fsp3) is 0.182. The molecule has 2 aromatic heterocycles. The number of benzene rings is 2. The number of oxazole rings is 1. The van der Waals surface area contributed by atoms with Crippen LogP contribution in [0, 0.1) is 5.82 Å². The van der Waals surface area contributed by atoms with Crippen LogP contribution in [-0.4, -0.2) is 28.6 Å². The summed E-state index contributed by atoms with van der Waals surface area (Å²) in [6, 6.07) is 8.93. The van der Waals surface area contributed by atoms with Gasteiger partial charge in [0.05, 0.1) is 5.52 Å². The topological polar surface area (TPSA) is 124 Å². The highest BCUT2D eigenvalue weighted by atomic mass is 32.2. The second kappa shape index (κ2) is 7.43. The summed E-state index contributed by atoms with van der Waals surface area (Å²) in [6.07, 6.45) is 5.12. The minimum absolute atomic E-state index is 0.0509. The SMILES string of the molecule is CC1(C)C=CC(C=O)(n2c(=O)oc3cc(S(=O)(=O)Nc4ncns4)c(F)cc32)c2ccccc21. The molecule has 0 amide bonds. The van der Waals surface area contributed by atoms with Crippen LogP contribution in [0.3, 0.4) is 0 Å². The number of nitrogens with zero attached hydrogens (tertiary/aromatic N) is 3. The summed E-state index contributed by atoms with van der Waals surface area (Å²) in [7, 11) is -4.39. The number of anilines is 1. The maximum Gasteiger partial charge on any atom is 0.421 e. The standard InChI is InChI=1S/C22H17FN4O5S2/c1-21(2)7-8-22(11-28,14-6-4-3-5-13(14)21)27-16-9-15(23)18(10-17(16)32-20(27)29)34(30,31)26-19-24-12-25-33-19/h3-12H,1-2H3,(H,24,25,26). The molecule has 4 aromatic rings. The number of fused-ring (bicyclic) bond motifs is 2. The van der Waals surface area contributed by atoms with Crippen LogP contribution in [0.5, 0.6) is 0 Å². The molecule has 1 N–H and O–H groups in total. The molecule has 34 heavy (non-hydrogen) atoms.